The lowest BCUT2D eigenvalue weighted by Crippen LogP contribution is -1.96. The minimum absolute atomic E-state index is 1.00. The highest BCUT2D eigenvalue weighted by atomic mass is 14.2. The smallest absolute Gasteiger partial charge is 0.00734 e. The van der Waals surface area contributed by atoms with E-state index in [1.165, 1.54) is 33.4 Å². The van der Waals surface area contributed by atoms with Gasteiger partial charge in [0.1, 0.15) is 0 Å². The molecule has 0 nitrogen and oxygen atoms in total. The molecule has 3 aromatic rings. The molecule has 0 aliphatic carbocycles. The van der Waals surface area contributed by atoms with Gasteiger partial charge in [-0.25, -0.2) is 0 Å². The number of hydrogen-bond donors (Lipinski definition) is 0. The Morgan fingerprint density at radius 1 is 0.652 bits per heavy atom. The van der Waals surface area contributed by atoms with Gasteiger partial charge in [0, 0.05) is 0 Å². The third kappa shape index (κ3) is 3.27. The maximum atomic E-state index is 2.24. The van der Waals surface area contributed by atoms with E-state index in [1.807, 2.05) is 0 Å². The summed E-state index contributed by atoms with van der Waals surface area (Å²) in [6.45, 7) is 4.44. The van der Waals surface area contributed by atoms with Gasteiger partial charge in [-0.15, -0.1) is 0 Å². The second-order valence-corrected chi connectivity index (χ2v) is 5.75. The Morgan fingerprint density at radius 3 is 1.61 bits per heavy atom. The van der Waals surface area contributed by atoms with Crippen molar-refractivity contribution in [3.05, 3.63) is 107 Å². The summed E-state index contributed by atoms with van der Waals surface area (Å²) in [5.74, 6) is 0. The zero-order chi connectivity index (χ0) is 16.1. The van der Waals surface area contributed by atoms with E-state index in [9.17, 15) is 0 Å². The van der Waals surface area contributed by atoms with Gasteiger partial charge in [-0.3, -0.25) is 0 Å². The molecular formula is C23H22. The van der Waals surface area contributed by atoms with E-state index in [-0.39, 0.29) is 0 Å². The number of hydrogen-bond acceptors (Lipinski definition) is 0. The molecule has 23 heavy (non-hydrogen) atoms. The molecule has 0 atom stereocenters. The van der Waals surface area contributed by atoms with Gasteiger partial charge in [-0.05, 0) is 46.7 Å². The average molecular weight is 298 g/mol. The fourth-order valence-corrected chi connectivity index (χ4v) is 3.14. The van der Waals surface area contributed by atoms with Gasteiger partial charge in [0.25, 0.3) is 0 Å². The maximum absolute atomic E-state index is 2.24. The minimum atomic E-state index is 1.00. The van der Waals surface area contributed by atoms with Crippen LogP contribution in [-0.2, 0) is 0 Å². The Balaban J connectivity index is 2.31. The lowest BCUT2D eigenvalue weighted by molar-refractivity contribution is 1.22. The molecule has 0 N–H and O–H groups in total. The van der Waals surface area contributed by atoms with Gasteiger partial charge in [0.2, 0.25) is 0 Å². The van der Waals surface area contributed by atoms with Crippen molar-refractivity contribution >= 4 is 11.1 Å². The molecule has 0 aromatic heterocycles. The van der Waals surface area contributed by atoms with E-state index < -0.39 is 0 Å². The van der Waals surface area contributed by atoms with Crippen LogP contribution in [0, 0.1) is 6.92 Å². The van der Waals surface area contributed by atoms with Crippen molar-refractivity contribution in [2.45, 2.75) is 20.3 Å². The Bertz CT molecular complexity index is 754. The van der Waals surface area contributed by atoms with Crippen LogP contribution in [0.2, 0.25) is 0 Å². The monoisotopic (exact) mass is 298 g/mol. The van der Waals surface area contributed by atoms with Gasteiger partial charge >= 0.3 is 0 Å². The summed E-state index contributed by atoms with van der Waals surface area (Å²) in [5.41, 5.74) is 7.97. The van der Waals surface area contributed by atoms with Crippen LogP contribution in [0.25, 0.3) is 11.1 Å². The van der Waals surface area contributed by atoms with E-state index in [0.717, 1.165) is 6.42 Å². The van der Waals surface area contributed by atoms with Gasteiger partial charge in [-0.1, -0.05) is 91.9 Å². The maximum Gasteiger partial charge on any atom is -0.00734 e. The molecule has 0 heterocycles. The van der Waals surface area contributed by atoms with Crippen molar-refractivity contribution < 1.29 is 0 Å². The second-order valence-electron chi connectivity index (χ2n) is 5.75. The van der Waals surface area contributed by atoms with E-state index in [1.54, 1.807) is 0 Å². The molecular weight excluding hydrogens is 276 g/mol. The van der Waals surface area contributed by atoms with Gasteiger partial charge < -0.3 is 0 Å². The Morgan fingerprint density at radius 2 is 1.13 bits per heavy atom. The van der Waals surface area contributed by atoms with Crippen LogP contribution >= 0.6 is 0 Å². The van der Waals surface area contributed by atoms with E-state index >= 15 is 0 Å². The SMILES string of the molecule is CCC(=C(c1ccccc1)c1ccccc1)c1ccccc1C. The number of aryl methyl sites for hydroxylation is 1. The lowest BCUT2D eigenvalue weighted by Gasteiger charge is -2.17. The molecule has 0 amide bonds. The molecule has 0 spiro atoms. The Kier molecular flexibility index (Phi) is 4.73. The van der Waals surface area contributed by atoms with Crippen LogP contribution in [0.5, 0.6) is 0 Å². The topological polar surface area (TPSA) is 0 Å². The van der Waals surface area contributed by atoms with Crippen LogP contribution in [0.4, 0.5) is 0 Å². The number of rotatable bonds is 4. The Labute approximate surface area is 139 Å². The standard InChI is InChI=1S/C23H22/c1-3-21(22-17-11-10-12-18(22)2)23(19-13-6-4-7-14-19)20-15-8-5-9-16-20/h4-17H,3H2,1-2H3. The first-order valence-electron chi connectivity index (χ1n) is 8.21. The van der Waals surface area contributed by atoms with Crippen molar-refractivity contribution in [1.29, 1.82) is 0 Å². The predicted octanol–water partition coefficient (Wildman–Crippen LogP) is 6.36. The van der Waals surface area contributed by atoms with Crippen LogP contribution < -0.4 is 0 Å². The quantitative estimate of drug-likeness (QED) is 0.491. The molecule has 0 aliphatic heterocycles. The van der Waals surface area contributed by atoms with Gasteiger partial charge in [0.15, 0.2) is 0 Å². The molecule has 0 bridgehead atoms. The normalized spacial score (nSPS) is 10.3. The molecule has 3 rings (SSSR count). The van der Waals surface area contributed by atoms with Crippen LogP contribution in [0.1, 0.15) is 35.6 Å². The van der Waals surface area contributed by atoms with E-state index in [2.05, 4.69) is 98.8 Å². The highest BCUT2D eigenvalue weighted by Gasteiger charge is 2.13. The highest BCUT2D eigenvalue weighted by molar-refractivity contribution is 5.99. The summed E-state index contributed by atoms with van der Waals surface area (Å²) < 4.78 is 0. The molecule has 114 valence electrons. The van der Waals surface area contributed by atoms with Crippen molar-refractivity contribution in [3.63, 3.8) is 0 Å². The first-order chi connectivity index (χ1) is 11.3. The zero-order valence-corrected chi connectivity index (χ0v) is 13.8. The third-order valence-corrected chi connectivity index (χ3v) is 4.25. The van der Waals surface area contributed by atoms with Crippen molar-refractivity contribution in [3.8, 4) is 0 Å². The summed E-state index contributed by atoms with van der Waals surface area (Å²) in [5, 5.41) is 0. The summed E-state index contributed by atoms with van der Waals surface area (Å²) in [7, 11) is 0. The fraction of sp³-hybridized carbons (Fsp3) is 0.130. The predicted molar refractivity (Wildman–Crippen MR) is 100 cm³/mol. The van der Waals surface area contributed by atoms with E-state index in [0.29, 0.717) is 0 Å². The average Bonchev–Trinajstić information content (AvgIpc) is 2.62. The van der Waals surface area contributed by atoms with Crippen LogP contribution in [-0.4, -0.2) is 0 Å². The summed E-state index contributed by atoms with van der Waals surface area (Å²) in [6.07, 6.45) is 1.00. The summed E-state index contributed by atoms with van der Waals surface area (Å²) in [6, 6.07) is 30.1. The first-order valence-corrected chi connectivity index (χ1v) is 8.21. The molecule has 0 saturated heterocycles. The van der Waals surface area contributed by atoms with Crippen molar-refractivity contribution in [1.82, 2.24) is 0 Å². The molecule has 0 fully saturated rings. The summed E-state index contributed by atoms with van der Waals surface area (Å²) >= 11 is 0. The second kappa shape index (κ2) is 7.11. The molecule has 0 heteroatoms. The minimum Gasteiger partial charge on any atom is -0.0622 e. The third-order valence-electron chi connectivity index (χ3n) is 4.25. The summed E-state index contributed by atoms with van der Waals surface area (Å²) in [4.78, 5) is 0. The van der Waals surface area contributed by atoms with Gasteiger partial charge in [0.05, 0.1) is 0 Å². The lowest BCUT2D eigenvalue weighted by atomic mass is 9.87. The number of allylic oxidation sites excluding steroid dienone is 1. The van der Waals surface area contributed by atoms with Crippen molar-refractivity contribution in [2.75, 3.05) is 0 Å². The van der Waals surface area contributed by atoms with Gasteiger partial charge in [-0.2, -0.15) is 0 Å². The molecule has 0 saturated carbocycles. The largest absolute Gasteiger partial charge is 0.0622 e. The first kappa shape index (κ1) is 15.3. The molecule has 3 aromatic carbocycles. The molecule has 0 radical (unpaired) electrons. The molecule has 0 unspecified atom stereocenters. The Hall–Kier alpha value is -2.60. The zero-order valence-electron chi connectivity index (χ0n) is 13.8. The van der Waals surface area contributed by atoms with Crippen LogP contribution in [0.3, 0.4) is 0 Å². The highest BCUT2D eigenvalue weighted by Crippen LogP contribution is 2.35. The number of benzene rings is 3. The van der Waals surface area contributed by atoms with Crippen LogP contribution in [0.15, 0.2) is 84.9 Å². The van der Waals surface area contributed by atoms with Crippen molar-refractivity contribution in [2.24, 2.45) is 0 Å². The van der Waals surface area contributed by atoms with E-state index in [4.69, 9.17) is 0 Å². The fourth-order valence-electron chi connectivity index (χ4n) is 3.14. The molecule has 0 aliphatic rings.